The number of hydrogen-bond donors (Lipinski definition) is 0. The number of imide groups is 1. The smallest absolute Gasteiger partial charge is 0.344 e. The summed E-state index contributed by atoms with van der Waals surface area (Å²) in [5.41, 5.74) is 0.308. The van der Waals surface area contributed by atoms with Crippen molar-refractivity contribution in [3.8, 4) is 0 Å². The molecule has 0 saturated carbocycles. The number of esters is 1. The standard InChI is InChI=1S/C13H11NO6/c1-2-19-10(15)7-11(16)20-14-12(17)8-5-3-4-6-9(8)13(14)18/h3-6H,2,7H2,1H3. The molecule has 0 N–H and O–H groups in total. The van der Waals surface area contributed by atoms with Crippen LogP contribution in [0.3, 0.4) is 0 Å². The predicted octanol–water partition coefficient (Wildman–Crippen LogP) is 0.694. The number of hydroxylamine groups is 2. The van der Waals surface area contributed by atoms with Crippen molar-refractivity contribution in [1.29, 1.82) is 0 Å². The van der Waals surface area contributed by atoms with Gasteiger partial charge in [-0.25, -0.2) is 4.79 Å². The molecule has 7 heteroatoms. The summed E-state index contributed by atoms with van der Waals surface area (Å²) in [5.74, 6) is -3.28. The van der Waals surface area contributed by atoms with Gasteiger partial charge in [-0.05, 0) is 19.1 Å². The molecule has 1 heterocycles. The minimum Gasteiger partial charge on any atom is -0.466 e. The SMILES string of the molecule is CCOC(=O)CC(=O)ON1C(=O)c2ccccc2C1=O. The van der Waals surface area contributed by atoms with Crippen molar-refractivity contribution in [2.24, 2.45) is 0 Å². The van der Waals surface area contributed by atoms with E-state index in [9.17, 15) is 19.2 Å². The summed E-state index contributed by atoms with van der Waals surface area (Å²) in [6.07, 6.45) is -0.665. The van der Waals surface area contributed by atoms with E-state index in [2.05, 4.69) is 9.57 Å². The molecule has 7 nitrogen and oxygen atoms in total. The van der Waals surface area contributed by atoms with Gasteiger partial charge in [0.25, 0.3) is 11.8 Å². The zero-order valence-corrected chi connectivity index (χ0v) is 10.6. The molecule has 0 radical (unpaired) electrons. The number of fused-ring (bicyclic) bond motifs is 1. The number of carbonyl (C=O) groups excluding carboxylic acids is 4. The number of carbonyl (C=O) groups is 4. The Morgan fingerprint density at radius 2 is 1.60 bits per heavy atom. The highest BCUT2D eigenvalue weighted by molar-refractivity contribution is 6.21. The predicted molar refractivity (Wildman–Crippen MR) is 64.3 cm³/mol. The summed E-state index contributed by atoms with van der Waals surface area (Å²) in [4.78, 5) is 50.9. The highest BCUT2D eigenvalue weighted by Gasteiger charge is 2.38. The zero-order valence-electron chi connectivity index (χ0n) is 10.6. The van der Waals surface area contributed by atoms with Crippen molar-refractivity contribution in [2.75, 3.05) is 6.61 Å². The maximum atomic E-state index is 11.9. The second-order valence-corrected chi connectivity index (χ2v) is 3.90. The van der Waals surface area contributed by atoms with E-state index in [1.807, 2.05) is 0 Å². The van der Waals surface area contributed by atoms with Crippen molar-refractivity contribution in [3.63, 3.8) is 0 Å². The average Bonchev–Trinajstić information content (AvgIpc) is 2.65. The Morgan fingerprint density at radius 3 is 2.10 bits per heavy atom. The quantitative estimate of drug-likeness (QED) is 0.457. The van der Waals surface area contributed by atoms with Crippen molar-refractivity contribution in [3.05, 3.63) is 35.4 Å². The number of nitrogens with zero attached hydrogens (tertiary/aromatic N) is 1. The van der Waals surface area contributed by atoms with Gasteiger partial charge in [0.2, 0.25) is 0 Å². The highest BCUT2D eigenvalue weighted by Crippen LogP contribution is 2.22. The third-order valence-corrected chi connectivity index (χ3v) is 2.54. The highest BCUT2D eigenvalue weighted by atomic mass is 16.7. The summed E-state index contributed by atoms with van der Waals surface area (Å²) in [7, 11) is 0. The largest absolute Gasteiger partial charge is 0.466 e. The Bertz CT molecular complexity index is 559. The van der Waals surface area contributed by atoms with Crippen molar-refractivity contribution in [1.82, 2.24) is 5.06 Å². The number of amides is 2. The Labute approximate surface area is 114 Å². The van der Waals surface area contributed by atoms with Crippen LogP contribution in [0.5, 0.6) is 0 Å². The van der Waals surface area contributed by atoms with Gasteiger partial charge >= 0.3 is 11.9 Å². The molecule has 20 heavy (non-hydrogen) atoms. The third-order valence-electron chi connectivity index (χ3n) is 2.54. The van der Waals surface area contributed by atoms with Gasteiger partial charge in [-0.15, -0.1) is 0 Å². The number of ether oxygens (including phenoxy) is 1. The first-order valence-corrected chi connectivity index (χ1v) is 5.88. The lowest BCUT2D eigenvalue weighted by atomic mass is 10.1. The monoisotopic (exact) mass is 277 g/mol. The molecule has 1 aromatic rings. The van der Waals surface area contributed by atoms with E-state index in [1.165, 1.54) is 12.1 Å². The minimum atomic E-state index is -1.03. The number of rotatable bonds is 4. The van der Waals surface area contributed by atoms with Gasteiger partial charge in [-0.3, -0.25) is 14.4 Å². The molecule has 0 atom stereocenters. The van der Waals surface area contributed by atoms with Crippen LogP contribution in [0.25, 0.3) is 0 Å². The fourth-order valence-corrected chi connectivity index (χ4v) is 1.71. The van der Waals surface area contributed by atoms with Crippen LogP contribution in [0.2, 0.25) is 0 Å². The van der Waals surface area contributed by atoms with Crippen molar-refractivity contribution >= 4 is 23.8 Å². The Hall–Kier alpha value is -2.70. The van der Waals surface area contributed by atoms with Gasteiger partial charge in [-0.1, -0.05) is 17.2 Å². The molecule has 0 fully saturated rings. The molecule has 1 aliphatic rings. The van der Waals surface area contributed by atoms with E-state index >= 15 is 0 Å². The molecule has 0 unspecified atom stereocenters. The van der Waals surface area contributed by atoms with Crippen molar-refractivity contribution in [2.45, 2.75) is 13.3 Å². The van der Waals surface area contributed by atoms with E-state index in [-0.39, 0.29) is 17.7 Å². The van der Waals surface area contributed by atoms with Crippen LogP contribution >= 0.6 is 0 Å². The summed E-state index contributed by atoms with van der Waals surface area (Å²) >= 11 is 0. The maximum absolute atomic E-state index is 11.9. The van der Waals surface area contributed by atoms with Crippen LogP contribution in [-0.4, -0.2) is 35.4 Å². The molecule has 0 bridgehead atoms. The summed E-state index contributed by atoms with van der Waals surface area (Å²) in [6, 6.07) is 6.09. The van der Waals surface area contributed by atoms with E-state index < -0.39 is 30.2 Å². The minimum absolute atomic E-state index is 0.124. The zero-order chi connectivity index (χ0) is 14.7. The molecule has 0 aliphatic carbocycles. The molecule has 2 rings (SSSR count). The van der Waals surface area contributed by atoms with Gasteiger partial charge in [0, 0.05) is 0 Å². The first kappa shape index (κ1) is 13.7. The van der Waals surface area contributed by atoms with Gasteiger partial charge < -0.3 is 9.57 Å². The second kappa shape index (κ2) is 5.52. The van der Waals surface area contributed by atoms with E-state index in [1.54, 1.807) is 19.1 Å². The number of benzene rings is 1. The lowest BCUT2D eigenvalue weighted by Gasteiger charge is -2.12. The van der Waals surface area contributed by atoms with Crippen LogP contribution in [0, 0.1) is 0 Å². The van der Waals surface area contributed by atoms with Crippen LogP contribution in [-0.2, 0) is 19.2 Å². The molecule has 2 amide bonds. The molecule has 1 aromatic carbocycles. The first-order chi connectivity index (χ1) is 9.54. The van der Waals surface area contributed by atoms with Crippen LogP contribution in [0.4, 0.5) is 0 Å². The van der Waals surface area contributed by atoms with Crippen molar-refractivity contribution < 1.29 is 28.8 Å². The molecule has 0 aromatic heterocycles. The number of hydrogen-bond acceptors (Lipinski definition) is 6. The van der Waals surface area contributed by atoms with Crippen LogP contribution in [0.15, 0.2) is 24.3 Å². The summed E-state index contributed by atoms with van der Waals surface area (Å²) < 4.78 is 4.56. The van der Waals surface area contributed by atoms with E-state index in [4.69, 9.17) is 0 Å². The van der Waals surface area contributed by atoms with Gasteiger partial charge in [0.15, 0.2) is 0 Å². The summed E-state index contributed by atoms with van der Waals surface area (Å²) in [5, 5.41) is 0.353. The lowest BCUT2D eigenvalue weighted by Crippen LogP contribution is -2.33. The van der Waals surface area contributed by atoms with Gasteiger partial charge in [-0.2, -0.15) is 0 Å². The Morgan fingerprint density at radius 1 is 1.05 bits per heavy atom. The lowest BCUT2D eigenvalue weighted by molar-refractivity contribution is -0.172. The molecule has 1 aliphatic heterocycles. The van der Waals surface area contributed by atoms with Gasteiger partial charge in [0.1, 0.15) is 6.42 Å². The second-order valence-electron chi connectivity index (χ2n) is 3.90. The molecule has 104 valence electrons. The van der Waals surface area contributed by atoms with Crippen LogP contribution in [0.1, 0.15) is 34.1 Å². The van der Waals surface area contributed by atoms with E-state index in [0.717, 1.165) is 0 Å². The first-order valence-electron chi connectivity index (χ1n) is 5.88. The normalized spacial score (nSPS) is 13.2. The molecular weight excluding hydrogens is 266 g/mol. The fourth-order valence-electron chi connectivity index (χ4n) is 1.71. The molecular formula is C13H11NO6. The Balaban J connectivity index is 2.05. The topological polar surface area (TPSA) is 90.0 Å². The average molecular weight is 277 g/mol. The fraction of sp³-hybridized carbons (Fsp3) is 0.231. The van der Waals surface area contributed by atoms with Crippen LogP contribution < -0.4 is 0 Å². The Kier molecular flexibility index (Phi) is 3.79. The third kappa shape index (κ3) is 2.51. The summed E-state index contributed by atoms with van der Waals surface area (Å²) in [6.45, 7) is 1.71. The molecule has 0 saturated heterocycles. The maximum Gasteiger partial charge on any atom is 0.344 e. The molecule has 0 spiro atoms. The van der Waals surface area contributed by atoms with E-state index in [0.29, 0.717) is 5.06 Å². The van der Waals surface area contributed by atoms with Gasteiger partial charge in [0.05, 0.1) is 17.7 Å².